The van der Waals surface area contributed by atoms with Crippen LogP contribution in [0.4, 0.5) is 8.78 Å². The number of nitrogens with two attached hydrogens (primary N) is 1. The predicted molar refractivity (Wildman–Crippen MR) is 65.8 cm³/mol. The van der Waals surface area contributed by atoms with E-state index in [-0.39, 0.29) is 6.04 Å². The third kappa shape index (κ3) is 2.94. The monoisotopic (exact) mass is 267 g/mol. The second-order valence-electron chi connectivity index (χ2n) is 4.09. The average Bonchev–Trinajstić information content (AvgIpc) is 2.86. The van der Waals surface area contributed by atoms with E-state index in [1.54, 1.807) is 4.68 Å². The molecule has 5 nitrogen and oxygen atoms in total. The number of rotatable bonds is 5. The molecule has 1 aromatic heterocycles. The minimum atomic E-state index is -0.894. The van der Waals surface area contributed by atoms with Gasteiger partial charge in [-0.05, 0) is 24.6 Å². The summed E-state index contributed by atoms with van der Waals surface area (Å²) in [5, 5.41) is 4.05. The lowest BCUT2D eigenvalue weighted by Gasteiger charge is -2.16. The maximum atomic E-state index is 13.2. The Kier molecular flexibility index (Phi) is 4.18. The van der Waals surface area contributed by atoms with E-state index in [1.807, 2.05) is 6.92 Å². The van der Waals surface area contributed by atoms with Gasteiger partial charge in [0.2, 0.25) is 0 Å². The molecule has 1 aromatic carbocycles. The number of benzene rings is 1. The summed E-state index contributed by atoms with van der Waals surface area (Å²) >= 11 is 0. The van der Waals surface area contributed by atoms with E-state index in [9.17, 15) is 8.78 Å². The molecule has 0 radical (unpaired) electrons. The lowest BCUT2D eigenvalue weighted by Crippen LogP contribution is -2.30. The van der Waals surface area contributed by atoms with Crippen molar-refractivity contribution in [1.29, 1.82) is 0 Å². The average molecular weight is 267 g/mol. The van der Waals surface area contributed by atoms with E-state index in [2.05, 4.69) is 15.5 Å². The first-order chi connectivity index (χ1) is 9.15. The van der Waals surface area contributed by atoms with Crippen molar-refractivity contribution >= 4 is 0 Å². The Morgan fingerprint density at radius 2 is 2.16 bits per heavy atom. The van der Waals surface area contributed by atoms with Crippen molar-refractivity contribution in [3.63, 3.8) is 0 Å². The minimum absolute atomic E-state index is 0.357. The molecule has 1 atom stereocenters. The maximum absolute atomic E-state index is 13.2. The first-order valence-corrected chi connectivity index (χ1v) is 5.93. The quantitative estimate of drug-likeness (QED) is 0.633. The highest BCUT2D eigenvalue weighted by atomic mass is 19.2. The van der Waals surface area contributed by atoms with Crippen LogP contribution in [0.3, 0.4) is 0 Å². The van der Waals surface area contributed by atoms with Gasteiger partial charge in [0.25, 0.3) is 0 Å². The summed E-state index contributed by atoms with van der Waals surface area (Å²) in [6.45, 7) is 2.63. The summed E-state index contributed by atoms with van der Waals surface area (Å²) in [7, 11) is 0. The van der Waals surface area contributed by atoms with E-state index in [1.165, 1.54) is 12.4 Å². The Balaban J connectivity index is 2.22. The molecular weight excluding hydrogens is 252 g/mol. The molecule has 3 N–H and O–H groups in total. The van der Waals surface area contributed by atoms with Crippen molar-refractivity contribution in [1.82, 2.24) is 20.2 Å². The zero-order chi connectivity index (χ0) is 13.8. The first-order valence-electron chi connectivity index (χ1n) is 5.93. The van der Waals surface area contributed by atoms with E-state index >= 15 is 0 Å². The Morgan fingerprint density at radius 3 is 2.79 bits per heavy atom. The Labute approximate surface area is 109 Å². The maximum Gasteiger partial charge on any atom is 0.159 e. The molecule has 102 valence electrons. The highest BCUT2D eigenvalue weighted by Crippen LogP contribution is 2.19. The number of nitrogens with one attached hydrogen (secondary N) is 1. The number of hydrogen-bond donors (Lipinski definition) is 2. The summed E-state index contributed by atoms with van der Waals surface area (Å²) < 4.78 is 27.9. The summed E-state index contributed by atoms with van der Waals surface area (Å²) in [6.07, 6.45) is 1.90. The Hall–Kier alpha value is -1.86. The molecule has 0 aliphatic rings. The fraction of sp³-hybridized carbons (Fsp3) is 0.333. The SMILES string of the molecule is CCn1ncnc1CC(NN)c1ccc(F)c(F)c1. The highest BCUT2D eigenvalue weighted by molar-refractivity contribution is 5.22. The van der Waals surface area contributed by atoms with Gasteiger partial charge in [0.15, 0.2) is 11.6 Å². The molecule has 1 heterocycles. The fourth-order valence-electron chi connectivity index (χ4n) is 1.90. The summed E-state index contributed by atoms with van der Waals surface area (Å²) in [6, 6.07) is 3.35. The Bertz CT molecular complexity index is 555. The number of aromatic nitrogens is 3. The van der Waals surface area contributed by atoms with Gasteiger partial charge in [0.05, 0.1) is 6.04 Å². The van der Waals surface area contributed by atoms with Crippen LogP contribution in [0.1, 0.15) is 24.4 Å². The predicted octanol–water partition coefficient (Wildman–Crippen LogP) is 1.32. The topological polar surface area (TPSA) is 68.8 Å². The molecule has 0 fully saturated rings. The van der Waals surface area contributed by atoms with Crippen LogP contribution in [0, 0.1) is 11.6 Å². The lowest BCUT2D eigenvalue weighted by atomic mass is 10.0. The van der Waals surface area contributed by atoms with Crippen LogP contribution in [0.2, 0.25) is 0 Å². The third-order valence-electron chi connectivity index (χ3n) is 2.93. The van der Waals surface area contributed by atoms with Crippen molar-refractivity contribution in [2.45, 2.75) is 25.9 Å². The highest BCUT2D eigenvalue weighted by Gasteiger charge is 2.16. The van der Waals surface area contributed by atoms with Crippen LogP contribution in [-0.2, 0) is 13.0 Å². The molecule has 0 bridgehead atoms. The van der Waals surface area contributed by atoms with Gasteiger partial charge in [0.1, 0.15) is 12.2 Å². The molecule has 0 aliphatic carbocycles. The molecule has 0 aliphatic heterocycles. The smallest absolute Gasteiger partial charge is 0.159 e. The molecule has 7 heteroatoms. The van der Waals surface area contributed by atoms with Gasteiger partial charge in [-0.15, -0.1) is 0 Å². The lowest BCUT2D eigenvalue weighted by molar-refractivity contribution is 0.487. The molecule has 1 unspecified atom stereocenters. The zero-order valence-corrected chi connectivity index (χ0v) is 10.5. The van der Waals surface area contributed by atoms with Crippen LogP contribution >= 0.6 is 0 Å². The fourth-order valence-corrected chi connectivity index (χ4v) is 1.90. The van der Waals surface area contributed by atoms with Crippen LogP contribution in [0.25, 0.3) is 0 Å². The molecule has 0 amide bonds. The van der Waals surface area contributed by atoms with Crippen LogP contribution in [0.15, 0.2) is 24.5 Å². The normalized spacial score (nSPS) is 12.6. The zero-order valence-electron chi connectivity index (χ0n) is 10.5. The van der Waals surface area contributed by atoms with Gasteiger partial charge in [0, 0.05) is 13.0 Å². The number of halogens is 2. The second kappa shape index (κ2) is 5.85. The van der Waals surface area contributed by atoms with Crippen LogP contribution in [0.5, 0.6) is 0 Å². The van der Waals surface area contributed by atoms with E-state index < -0.39 is 11.6 Å². The van der Waals surface area contributed by atoms with E-state index in [0.717, 1.165) is 18.0 Å². The van der Waals surface area contributed by atoms with E-state index in [0.29, 0.717) is 18.5 Å². The van der Waals surface area contributed by atoms with Crippen molar-refractivity contribution in [3.05, 3.63) is 47.5 Å². The molecule has 2 rings (SSSR count). The van der Waals surface area contributed by atoms with Gasteiger partial charge in [-0.25, -0.2) is 13.8 Å². The van der Waals surface area contributed by atoms with Gasteiger partial charge in [-0.3, -0.25) is 16.0 Å². The van der Waals surface area contributed by atoms with Crippen LogP contribution < -0.4 is 11.3 Å². The van der Waals surface area contributed by atoms with Crippen molar-refractivity contribution < 1.29 is 8.78 Å². The number of hydrazine groups is 1. The molecular formula is C12H15F2N5. The first kappa shape index (κ1) is 13.6. The van der Waals surface area contributed by atoms with Crippen molar-refractivity contribution in [2.24, 2.45) is 5.84 Å². The summed E-state index contributed by atoms with van der Waals surface area (Å²) in [5.74, 6) is 4.44. The number of nitrogens with zero attached hydrogens (tertiary/aromatic N) is 3. The summed E-state index contributed by atoms with van der Waals surface area (Å²) in [5.41, 5.74) is 3.15. The van der Waals surface area contributed by atoms with Crippen molar-refractivity contribution in [2.75, 3.05) is 0 Å². The van der Waals surface area contributed by atoms with Gasteiger partial charge < -0.3 is 0 Å². The van der Waals surface area contributed by atoms with Gasteiger partial charge >= 0.3 is 0 Å². The Morgan fingerprint density at radius 1 is 1.37 bits per heavy atom. The molecule has 0 saturated carbocycles. The molecule has 0 spiro atoms. The minimum Gasteiger partial charge on any atom is -0.271 e. The number of aryl methyl sites for hydroxylation is 1. The number of hydrogen-bond acceptors (Lipinski definition) is 4. The van der Waals surface area contributed by atoms with E-state index in [4.69, 9.17) is 5.84 Å². The third-order valence-corrected chi connectivity index (χ3v) is 2.93. The molecule has 2 aromatic rings. The van der Waals surface area contributed by atoms with Crippen molar-refractivity contribution in [3.8, 4) is 0 Å². The molecule has 0 saturated heterocycles. The second-order valence-corrected chi connectivity index (χ2v) is 4.09. The standard InChI is InChI=1S/C12H15F2N5/c1-2-19-12(16-7-17-19)6-11(18-15)8-3-4-9(13)10(14)5-8/h3-5,7,11,18H,2,6,15H2,1H3. The van der Waals surface area contributed by atoms with Gasteiger partial charge in [-0.1, -0.05) is 6.07 Å². The van der Waals surface area contributed by atoms with Gasteiger partial charge in [-0.2, -0.15) is 5.10 Å². The molecule has 19 heavy (non-hydrogen) atoms. The largest absolute Gasteiger partial charge is 0.271 e. The van der Waals surface area contributed by atoms with Crippen LogP contribution in [-0.4, -0.2) is 14.8 Å². The summed E-state index contributed by atoms with van der Waals surface area (Å²) in [4.78, 5) is 4.13.